The van der Waals surface area contributed by atoms with E-state index in [2.05, 4.69) is 24.0 Å². The maximum absolute atomic E-state index is 5.95. The quantitative estimate of drug-likeness (QED) is 0.850. The van der Waals surface area contributed by atoms with Gasteiger partial charge in [0, 0.05) is 12.1 Å². The molecule has 0 radical (unpaired) electrons. The third kappa shape index (κ3) is 4.76. The number of hydrogen-bond donors (Lipinski definition) is 1. The highest BCUT2D eigenvalue weighted by Crippen LogP contribution is 2.16. The molecule has 4 heteroatoms. The number of benzene rings is 1. The molecule has 0 aliphatic heterocycles. The van der Waals surface area contributed by atoms with Crippen LogP contribution in [0, 0.1) is 0 Å². The van der Waals surface area contributed by atoms with Gasteiger partial charge in [-0.3, -0.25) is 0 Å². The molecular formula is C17H22N2O2. The zero-order valence-corrected chi connectivity index (χ0v) is 12.6. The molecule has 0 aliphatic carbocycles. The Labute approximate surface area is 125 Å². The fraction of sp³-hybridized carbons (Fsp3) is 0.353. The van der Waals surface area contributed by atoms with E-state index in [0.717, 1.165) is 24.3 Å². The van der Waals surface area contributed by atoms with E-state index in [1.165, 1.54) is 5.56 Å². The summed E-state index contributed by atoms with van der Waals surface area (Å²) in [5, 5.41) is 0. The minimum atomic E-state index is 0.220. The van der Waals surface area contributed by atoms with Crippen molar-refractivity contribution in [1.82, 2.24) is 4.98 Å². The van der Waals surface area contributed by atoms with E-state index in [-0.39, 0.29) is 6.04 Å². The smallest absolute Gasteiger partial charge is 0.213 e. The molecule has 0 aliphatic rings. The molecule has 4 nitrogen and oxygen atoms in total. The highest BCUT2D eigenvalue weighted by Gasteiger charge is 2.03. The van der Waals surface area contributed by atoms with Gasteiger partial charge in [-0.2, -0.15) is 0 Å². The maximum atomic E-state index is 5.95. The Bertz CT molecular complexity index is 555. The average Bonchev–Trinajstić information content (AvgIpc) is 2.54. The third-order valence-corrected chi connectivity index (χ3v) is 3.32. The molecule has 2 rings (SSSR count). The molecule has 21 heavy (non-hydrogen) atoms. The Morgan fingerprint density at radius 2 is 1.90 bits per heavy atom. The minimum Gasteiger partial charge on any atom is -0.487 e. The first-order valence-corrected chi connectivity index (χ1v) is 7.18. The topological polar surface area (TPSA) is 57.4 Å². The number of hydrogen-bond acceptors (Lipinski definition) is 4. The molecule has 0 spiro atoms. The van der Waals surface area contributed by atoms with Crippen molar-refractivity contribution in [3.8, 4) is 11.6 Å². The van der Waals surface area contributed by atoms with Crippen LogP contribution >= 0.6 is 0 Å². The van der Waals surface area contributed by atoms with Gasteiger partial charge in [0.1, 0.15) is 12.4 Å². The number of ether oxygens (including phenoxy) is 2. The van der Waals surface area contributed by atoms with Crippen molar-refractivity contribution in [2.45, 2.75) is 32.4 Å². The van der Waals surface area contributed by atoms with Gasteiger partial charge >= 0.3 is 0 Å². The molecule has 112 valence electrons. The number of rotatable bonds is 7. The Kier molecular flexibility index (Phi) is 5.58. The van der Waals surface area contributed by atoms with Gasteiger partial charge in [-0.15, -0.1) is 0 Å². The van der Waals surface area contributed by atoms with Gasteiger partial charge in [-0.05, 0) is 36.6 Å². The van der Waals surface area contributed by atoms with Gasteiger partial charge in [0.2, 0.25) is 5.88 Å². The Morgan fingerprint density at radius 3 is 2.57 bits per heavy atom. The van der Waals surface area contributed by atoms with Crippen LogP contribution in [0.15, 0.2) is 42.5 Å². The van der Waals surface area contributed by atoms with Gasteiger partial charge < -0.3 is 15.2 Å². The van der Waals surface area contributed by atoms with Crippen LogP contribution < -0.4 is 15.2 Å². The summed E-state index contributed by atoms with van der Waals surface area (Å²) >= 11 is 0. The first-order valence-electron chi connectivity index (χ1n) is 7.18. The number of nitrogens with two attached hydrogens (primary N) is 1. The van der Waals surface area contributed by atoms with Crippen LogP contribution in [-0.2, 0) is 13.0 Å². The molecule has 0 bridgehead atoms. The summed E-state index contributed by atoms with van der Waals surface area (Å²) in [6.07, 6.45) is 1.88. The van der Waals surface area contributed by atoms with E-state index in [1.54, 1.807) is 7.11 Å². The second kappa shape index (κ2) is 7.64. The molecule has 0 fully saturated rings. The number of methoxy groups -OCH3 is 1. The lowest BCUT2D eigenvalue weighted by atomic mass is 10.0. The van der Waals surface area contributed by atoms with Crippen molar-refractivity contribution >= 4 is 0 Å². The molecule has 2 N–H and O–H groups in total. The van der Waals surface area contributed by atoms with Crippen molar-refractivity contribution < 1.29 is 9.47 Å². The lowest BCUT2D eigenvalue weighted by molar-refractivity contribution is 0.298. The molecule has 2 aromatic rings. The number of nitrogens with zero attached hydrogens (tertiary/aromatic N) is 1. The van der Waals surface area contributed by atoms with Gasteiger partial charge in [0.05, 0.1) is 12.8 Å². The predicted octanol–water partition coefficient (Wildman–Crippen LogP) is 2.95. The number of aromatic nitrogens is 1. The fourth-order valence-corrected chi connectivity index (χ4v) is 1.98. The molecule has 0 amide bonds. The highest BCUT2D eigenvalue weighted by atomic mass is 16.5. The lowest BCUT2D eigenvalue weighted by Crippen LogP contribution is -2.21. The average molecular weight is 286 g/mol. The van der Waals surface area contributed by atoms with Crippen LogP contribution in [0.5, 0.6) is 11.6 Å². The summed E-state index contributed by atoms with van der Waals surface area (Å²) in [5.74, 6) is 1.42. The summed E-state index contributed by atoms with van der Waals surface area (Å²) in [6, 6.07) is 13.9. The van der Waals surface area contributed by atoms with Crippen molar-refractivity contribution in [2.75, 3.05) is 7.11 Å². The molecule has 0 saturated carbocycles. The standard InChI is InChI=1S/C17H22N2O2/c1-3-14(18)11-13-7-9-16(10-8-13)21-12-15-5-4-6-17(19-15)20-2/h4-10,14H,3,11-12,18H2,1-2H3. The minimum absolute atomic E-state index is 0.220. The Morgan fingerprint density at radius 1 is 1.14 bits per heavy atom. The normalized spacial score (nSPS) is 12.0. The largest absolute Gasteiger partial charge is 0.487 e. The SMILES string of the molecule is CCC(N)Cc1ccc(OCc2cccc(OC)n2)cc1. The van der Waals surface area contributed by atoms with Crippen molar-refractivity contribution in [2.24, 2.45) is 5.73 Å². The van der Waals surface area contributed by atoms with E-state index in [0.29, 0.717) is 12.5 Å². The zero-order chi connectivity index (χ0) is 15.1. The molecule has 0 saturated heterocycles. The summed E-state index contributed by atoms with van der Waals surface area (Å²) in [5.41, 5.74) is 8.03. The van der Waals surface area contributed by atoms with Crippen LogP contribution in [0.25, 0.3) is 0 Å². The molecule has 1 atom stereocenters. The maximum Gasteiger partial charge on any atom is 0.213 e. The monoisotopic (exact) mass is 286 g/mol. The van der Waals surface area contributed by atoms with Gasteiger partial charge in [-0.1, -0.05) is 25.1 Å². The first kappa shape index (κ1) is 15.3. The van der Waals surface area contributed by atoms with E-state index in [4.69, 9.17) is 15.2 Å². The highest BCUT2D eigenvalue weighted by molar-refractivity contribution is 5.28. The van der Waals surface area contributed by atoms with Crippen LogP contribution in [0.1, 0.15) is 24.6 Å². The summed E-state index contributed by atoms with van der Waals surface area (Å²) in [4.78, 5) is 4.31. The van der Waals surface area contributed by atoms with E-state index in [9.17, 15) is 0 Å². The van der Waals surface area contributed by atoms with E-state index in [1.807, 2.05) is 30.3 Å². The van der Waals surface area contributed by atoms with E-state index >= 15 is 0 Å². The summed E-state index contributed by atoms with van der Waals surface area (Å²) in [6.45, 7) is 2.52. The van der Waals surface area contributed by atoms with Gasteiger partial charge in [0.15, 0.2) is 0 Å². The predicted molar refractivity (Wildman–Crippen MR) is 83.5 cm³/mol. The number of pyridine rings is 1. The molecular weight excluding hydrogens is 264 g/mol. The zero-order valence-electron chi connectivity index (χ0n) is 12.6. The second-order valence-corrected chi connectivity index (χ2v) is 4.98. The Balaban J connectivity index is 1.91. The van der Waals surface area contributed by atoms with Crippen molar-refractivity contribution in [1.29, 1.82) is 0 Å². The van der Waals surface area contributed by atoms with Crippen LogP contribution in [0.2, 0.25) is 0 Å². The van der Waals surface area contributed by atoms with Gasteiger partial charge in [-0.25, -0.2) is 4.98 Å². The van der Waals surface area contributed by atoms with Crippen LogP contribution in [-0.4, -0.2) is 18.1 Å². The molecule has 1 aromatic heterocycles. The third-order valence-electron chi connectivity index (χ3n) is 3.32. The Hall–Kier alpha value is -2.07. The van der Waals surface area contributed by atoms with E-state index < -0.39 is 0 Å². The van der Waals surface area contributed by atoms with Gasteiger partial charge in [0.25, 0.3) is 0 Å². The molecule has 1 unspecified atom stereocenters. The fourth-order valence-electron chi connectivity index (χ4n) is 1.98. The lowest BCUT2D eigenvalue weighted by Gasteiger charge is -2.10. The molecule has 1 heterocycles. The van der Waals surface area contributed by atoms with Crippen molar-refractivity contribution in [3.05, 3.63) is 53.7 Å². The second-order valence-electron chi connectivity index (χ2n) is 4.98. The molecule has 1 aromatic carbocycles. The van der Waals surface area contributed by atoms with Crippen molar-refractivity contribution in [3.63, 3.8) is 0 Å². The van der Waals surface area contributed by atoms with Crippen LogP contribution in [0.3, 0.4) is 0 Å². The summed E-state index contributed by atoms with van der Waals surface area (Å²) < 4.78 is 10.8. The first-order chi connectivity index (χ1) is 10.2. The van der Waals surface area contributed by atoms with Crippen LogP contribution in [0.4, 0.5) is 0 Å². The summed E-state index contributed by atoms with van der Waals surface area (Å²) in [7, 11) is 1.60.